The van der Waals surface area contributed by atoms with Crippen molar-refractivity contribution in [3.8, 4) is 0 Å². The minimum Gasteiger partial charge on any atom is -0.481 e. The van der Waals surface area contributed by atoms with Crippen molar-refractivity contribution in [2.24, 2.45) is 0 Å². The summed E-state index contributed by atoms with van der Waals surface area (Å²) in [5, 5.41) is 8.78. The van der Waals surface area contributed by atoms with E-state index in [1.807, 2.05) is 0 Å². The molecule has 4 heteroatoms. The van der Waals surface area contributed by atoms with Gasteiger partial charge < -0.3 is 9.84 Å². The maximum Gasteiger partial charge on any atom is 0.306 e. The Hall–Kier alpha value is -1.32. The van der Waals surface area contributed by atoms with Crippen LogP contribution in [0.1, 0.15) is 226 Å². The molecule has 0 radical (unpaired) electrons. The summed E-state index contributed by atoms with van der Waals surface area (Å²) in [6.07, 6.45) is 43.7. The minimum absolute atomic E-state index is 0.00798. The van der Waals surface area contributed by atoms with E-state index in [-0.39, 0.29) is 18.5 Å². The average Bonchev–Trinajstić information content (AvgIpc) is 3.01. The lowest BCUT2D eigenvalue weighted by Gasteiger charge is -2.18. The second-order valence-electron chi connectivity index (χ2n) is 13.5. The Balaban J connectivity index is 4.07. The fourth-order valence-corrected chi connectivity index (χ4v) is 6.06. The molecule has 0 aromatic rings. The number of carboxylic acid groups (broad SMARTS) is 1. The summed E-state index contributed by atoms with van der Waals surface area (Å²) in [5.74, 6) is -0.683. The van der Waals surface area contributed by atoms with Crippen LogP contribution in [-0.2, 0) is 14.3 Å². The smallest absolute Gasteiger partial charge is 0.306 e. The number of unbranched alkanes of at least 4 members (excludes halogenated alkanes) is 25. The number of carboxylic acids is 1. The summed E-state index contributed by atoms with van der Waals surface area (Å²) in [6.45, 7) is 4.54. The van der Waals surface area contributed by atoms with Crippen molar-refractivity contribution in [2.75, 3.05) is 0 Å². The quantitative estimate of drug-likeness (QED) is 0.0430. The van der Waals surface area contributed by atoms with Crippen LogP contribution in [0, 0.1) is 0 Å². The molecule has 44 heavy (non-hydrogen) atoms. The number of hydrogen-bond acceptors (Lipinski definition) is 3. The molecule has 0 fully saturated rings. The van der Waals surface area contributed by atoms with Gasteiger partial charge in [0, 0.05) is 12.8 Å². The highest BCUT2D eigenvalue weighted by Gasteiger charge is 2.14. The van der Waals surface area contributed by atoms with E-state index < -0.39 is 5.97 Å². The molecular formula is C40H76O4. The van der Waals surface area contributed by atoms with Crippen molar-refractivity contribution in [1.29, 1.82) is 0 Å². The molecule has 1 N–H and O–H groups in total. The molecule has 0 saturated carbocycles. The van der Waals surface area contributed by atoms with Gasteiger partial charge in [0.25, 0.3) is 0 Å². The molecule has 0 aliphatic rings. The average molecular weight is 621 g/mol. The van der Waals surface area contributed by atoms with Crippen molar-refractivity contribution in [3.63, 3.8) is 0 Å². The van der Waals surface area contributed by atoms with Gasteiger partial charge >= 0.3 is 11.9 Å². The fourth-order valence-electron chi connectivity index (χ4n) is 6.06. The van der Waals surface area contributed by atoms with Gasteiger partial charge in [-0.1, -0.05) is 161 Å². The third-order valence-corrected chi connectivity index (χ3v) is 8.99. The van der Waals surface area contributed by atoms with Crippen LogP contribution in [-0.4, -0.2) is 23.1 Å². The van der Waals surface area contributed by atoms with Gasteiger partial charge in [0.1, 0.15) is 6.10 Å². The van der Waals surface area contributed by atoms with Crippen molar-refractivity contribution in [1.82, 2.24) is 0 Å². The highest BCUT2D eigenvalue weighted by Crippen LogP contribution is 2.19. The molecule has 0 heterocycles. The van der Waals surface area contributed by atoms with Gasteiger partial charge in [0.2, 0.25) is 0 Å². The molecule has 260 valence electrons. The van der Waals surface area contributed by atoms with Crippen LogP contribution in [0.5, 0.6) is 0 Å². The molecule has 0 aliphatic carbocycles. The molecule has 0 amide bonds. The molecule has 4 nitrogen and oxygen atoms in total. The van der Waals surface area contributed by atoms with Crippen molar-refractivity contribution >= 4 is 11.9 Å². The molecule has 0 bridgehead atoms. The summed E-state index contributed by atoms with van der Waals surface area (Å²) in [6, 6.07) is 0. The lowest BCUT2D eigenvalue weighted by atomic mass is 10.0. The van der Waals surface area contributed by atoms with E-state index in [9.17, 15) is 9.59 Å². The monoisotopic (exact) mass is 621 g/mol. The number of ether oxygens (including phenoxy) is 1. The zero-order valence-corrected chi connectivity index (χ0v) is 29.7. The summed E-state index contributed by atoms with van der Waals surface area (Å²) in [5.41, 5.74) is 0. The van der Waals surface area contributed by atoms with E-state index in [1.165, 1.54) is 128 Å². The van der Waals surface area contributed by atoms with Crippen LogP contribution in [0.4, 0.5) is 0 Å². The van der Waals surface area contributed by atoms with E-state index in [4.69, 9.17) is 9.84 Å². The third kappa shape index (κ3) is 35.2. The predicted molar refractivity (Wildman–Crippen MR) is 190 cm³/mol. The summed E-state index contributed by atoms with van der Waals surface area (Å²) in [4.78, 5) is 23.3. The van der Waals surface area contributed by atoms with E-state index in [2.05, 4.69) is 26.0 Å². The Kier molecular flexibility index (Phi) is 35.1. The van der Waals surface area contributed by atoms with E-state index in [0.717, 1.165) is 70.6 Å². The van der Waals surface area contributed by atoms with E-state index in [0.29, 0.717) is 6.42 Å². The number of carbonyl (C=O) groups excluding carboxylic acids is 1. The lowest BCUT2D eigenvalue weighted by Crippen LogP contribution is -2.18. The second-order valence-corrected chi connectivity index (χ2v) is 13.5. The maximum atomic E-state index is 12.7. The molecule has 0 saturated heterocycles. The first-order valence-electron chi connectivity index (χ1n) is 19.7. The molecule has 1 atom stereocenters. The zero-order chi connectivity index (χ0) is 32.2. The number of esters is 1. The number of rotatable bonds is 36. The maximum absolute atomic E-state index is 12.7. The second kappa shape index (κ2) is 36.2. The van der Waals surface area contributed by atoms with Gasteiger partial charge in [-0.15, -0.1) is 0 Å². The lowest BCUT2D eigenvalue weighted by molar-refractivity contribution is -0.150. The Morgan fingerprint density at radius 3 is 1.25 bits per heavy atom. The van der Waals surface area contributed by atoms with Crippen LogP contribution < -0.4 is 0 Å². The highest BCUT2D eigenvalue weighted by atomic mass is 16.5. The highest BCUT2D eigenvalue weighted by molar-refractivity contribution is 5.69. The number of hydrogen-bond donors (Lipinski definition) is 1. The van der Waals surface area contributed by atoms with Crippen LogP contribution in [0.3, 0.4) is 0 Å². The van der Waals surface area contributed by atoms with Crippen molar-refractivity contribution in [2.45, 2.75) is 232 Å². The van der Waals surface area contributed by atoms with E-state index in [1.54, 1.807) is 0 Å². The summed E-state index contributed by atoms with van der Waals surface area (Å²) < 4.78 is 6.02. The van der Waals surface area contributed by atoms with Crippen molar-refractivity contribution in [3.05, 3.63) is 12.2 Å². The third-order valence-electron chi connectivity index (χ3n) is 8.99. The Labute approximate surface area is 275 Å². The first kappa shape index (κ1) is 42.7. The minimum atomic E-state index is -0.691. The van der Waals surface area contributed by atoms with E-state index >= 15 is 0 Å². The Morgan fingerprint density at radius 2 is 0.818 bits per heavy atom. The first-order valence-corrected chi connectivity index (χ1v) is 19.7. The number of carbonyl (C=O) groups is 2. The zero-order valence-electron chi connectivity index (χ0n) is 29.7. The molecule has 0 spiro atoms. The molecule has 0 aliphatic heterocycles. The Morgan fingerprint density at radius 1 is 0.477 bits per heavy atom. The van der Waals surface area contributed by atoms with Gasteiger partial charge in [0.15, 0.2) is 0 Å². The molecule has 1 unspecified atom stereocenters. The molecular weight excluding hydrogens is 544 g/mol. The number of aliphatic carboxylic acids is 1. The topological polar surface area (TPSA) is 63.6 Å². The fraction of sp³-hybridized carbons (Fsp3) is 0.900. The van der Waals surface area contributed by atoms with Gasteiger partial charge in [-0.25, -0.2) is 0 Å². The van der Waals surface area contributed by atoms with Crippen LogP contribution in [0.25, 0.3) is 0 Å². The Bertz CT molecular complexity index is 629. The van der Waals surface area contributed by atoms with Crippen LogP contribution in [0.15, 0.2) is 12.2 Å². The van der Waals surface area contributed by atoms with Crippen LogP contribution >= 0.6 is 0 Å². The number of allylic oxidation sites excluding steroid dienone is 2. The van der Waals surface area contributed by atoms with Gasteiger partial charge in [-0.2, -0.15) is 0 Å². The predicted octanol–water partition coefficient (Wildman–Crippen LogP) is 13.5. The first-order chi connectivity index (χ1) is 21.6. The van der Waals surface area contributed by atoms with Gasteiger partial charge in [0.05, 0.1) is 0 Å². The molecule has 0 aromatic heterocycles. The van der Waals surface area contributed by atoms with Gasteiger partial charge in [-0.3, -0.25) is 9.59 Å². The van der Waals surface area contributed by atoms with Gasteiger partial charge in [-0.05, 0) is 64.2 Å². The normalized spacial score (nSPS) is 12.2. The molecule has 0 rings (SSSR count). The summed E-state index contributed by atoms with van der Waals surface area (Å²) >= 11 is 0. The standard InChI is InChI=1S/C40H76O4/c1-3-5-7-9-11-13-15-17-19-21-23-29-33-37-40(43)44-38(35-31-27-24-25-28-32-36-39(41)42)34-30-26-22-20-18-16-14-12-10-8-6-4-2/h13,15,38H,3-12,14,16-37H2,1-2H3,(H,41,42)/b15-13-. The van der Waals surface area contributed by atoms with Crippen LogP contribution in [0.2, 0.25) is 0 Å². The SMILES string of the molecule is CCCCCC/C=C\CCCCCCCC(=O)OC(CCCCCCCCCCCCCC)CCCCCCCCC(=O)O. The largest absolute Gasteiger partial charge is 0.481 e. The molecule has 0 aromatic carbocycles. The van der Waals surface area contributed by atoms with Crippen molar-refractivity contribution < 1.29 is 19.4 Å². The summed E-state index contributed by atoms with van der Waals surface area (Å²) in [7, 11) is 0.